The van der Waals surface area contributed by atoms with Crippen molar-refractivity contribution in [3.05, 3.63) is 53.3 Å². The van der Waals surface area contributed by atoms with Crippen molar-refractivity contribution in [2.75, 3.05) is 43.1 Å². The van der Waals surface area contributed by atoms with Crippen LogP contribution in [0.3, 0.4) is 0 Å². The predicted molar refractivity (Wildman–Crippen MR) is 98.5 cm³/mol. The van der Waals surface area contributed by atoms with Crippen molar-refractivity contribution in [1.82, 2.24) is 0 Å². The summed E-state index contributed by atoms with van der Waals surface area (Å²) < 4.78 is 18.7. The summed E-state index contributed by atoms with van der Waals surface area (Å²) in [6, 6.07) is 11.8. The third-order valence-electron chi connectivity index (χ3n) is 4.61. The molecule has 0 unspecified atom stereocenters. The molecular formula is C20H20FN3O2. The number of hydrogen-bond donors (Lipinski definition) is 0. The van der Waals surface area contributed by atoms with Crippen molar-refractivity contribution in [2.45, 2.75) is 6.92 Å². The van der Waals surface area contributed by atoms with E-state index in [9.17, 15) is 9.18 Å². The van der Waals surface area contributed by atoms with E-state index in [4.69, 9.17) is 10.00 Å². The number of rotatable bonds is 4. The molecular weight excluding hydrogens is 333 g/mol. The summed E-state index contributed by atoms with van der Waals surface area (Å²) in [4.78, 5) is 16.2. The maximum Gasteiger partial charge on any atom is 0.161 e. The average molecular weight is 353 g/mol. The standard InChI is InChI=1S/C20H20FN3O2/c1-14(25)17-5-3-15(13-22)11-19(17)24-9-7-23(8-10-24)18-6-4-16(21)12-20(18)26-2/h3-6,11-12H,7-10H2,1-2H3. The lowest BCUT2D eigenvalue weighted by Gasteiger charge is -2.38. The van der Waals surface area contributed by atoms with Crippen LogP contribution in [0, 0.1) is 17.1 Å². The fourth-order valence-electron chi connectivity index (χ4n) is 3.26. The Balaban J connectivity index is 1.81. The van der Waals surface area contributed by atoms with E-state index in [1.807, 2.05) is 0 Å². The third kappa shape index (κ3) is 3.47. The molecule has 26 heavy (non-hydrogen) atoms. The largest absolute Gasteiger partial charge is 0.494 e. The predicted octanol–water partition coefficient (Wildman–Crippen LogP) is 3.24. The van der Waals surface area contributed by atoms with Gasteiger partial charge in [-0.15, -0.1) is 0 Å². The summed E-state index contributed by atoms with van der Waals surface area (Å²) in [5.74, 6) is 0.158. The number of hydrogen-bond acceptors (Lipinski definition) is 5. The van der Waals surface area contributed by atoms with E-state index in [2.05, 4.69) is 15.9 Å². The second-order valence-electron chi connectivity index (χ2n) is 6.19. The van der Waals surface area contributed by atoms with Gasteiger partial charge in [0.2, 0.25) is 0 Å². The van der Waals surface area contributed by atoms with Crippen LogP contribution in [-0.4, -0.2) is 39.1 Å². The van der Waals surface area contributed by atoms with Gasteiger partial charge in [-0.05, 0) is 37.3 Å². The highest BCUT2D eigenvalue weighted by atomic mass is 19.1. The van der Waals surface area contributed by atoms with E-state index in [1.54, 1.807) is 24.3 Å². The molecule has 0 spiro atoms. The van der Waals surface area contributed by atoms with Gasteiger partial charge in [0.05, 0.1) is 24.4 Å². The lowest BCUT2D eigenvalue weighted by molar-refractivity contribution is 0.101. The minimum Gasteiger partial charge on any atom is -0.494 e. The SMILES string of the molecule is COc1cc(F)ccc1N1CCN(c2cc(C#N)ccc2C(C)=O)CC1. The van der Waals surface area contributed by atoms with Gasteiger partial charge in [0, 0.05) is 43.5 Å². The Morgan fingerprint density at radius 2 is 1.73 bits per heavy atom. The van der Waals surface area contributed by atoms with E-state index in [1.165, 1.54) is 26.2 Å². The van der Waals surface area contributed by atoms with E-state index in [0.717, 1.165) is 11.4 Å². The highest BCUT2D eigenvalue weighted by molar-refractivity contribution is 6.00. The molecule has 0 saturated carbocycles. The Morgan fingerprint density at radius 1 is 1.08 bits per heavy atom. The van der Waals surface area contributed by atoms with Crippen LogP contribution in [0.5, 0.6) is 5.75 Å². The van der Waals surface area contributed by atoms with Crippen molar-refractivity contribution >= 4 is 17.2 Å². The van der Waals surface area contributed by atoms with Gasteiger partial charge in [-0.25, -0.2) is 4.39 Å². The van der Waals surface area contributed by atoms with Crippen molar-refractivity contribution in [1.29, 1.82) is 5.26 Å². The van der Waals surface area contributed by atoms with Crippen LogP contribution in [0.15, 0.2) is 36.4 Å². The van der Waals surface area contributed by atoms with Crippen molar-refractivity contribution in [3.8, 4) is 11.8 Å². The molecule has 134 valence electrons. The lowest BCUT2D eigenvalue weighted by atomic mass is 10.0. The number of piperazine rings is 1. The Labute approximate surface area is 152 Å². The van der Waals surface area contributed by atoms with Gasteiger partial charge in [0.25, 0.3) is 0 Å². The summed E-state index contributed by atoms with van der Waals surface area (Å²) in [6.45, 7) is 4.32. The summed E-state index contributed by atoms with van der Waals surface area (Å²) >= 11 is 0. The number of halogens is 1. The maximum atomic E-state index is 13.4. The van der Waals surface area contributed by atoms with Crippen molar-refractivity contribution in [3.63, 3.8) is 0 Å². The van der Waals surface area contributed by atoms with Gasteiger partial charge in [-0.2, -0.15) is 5.26 Å². The average Bonchev–Trinajstić information content (AvgIpc) is 2.67. The van der Waals surface area contributed by atoms with Crippen LogP contribution >= 0.6 is 0 Å². The molecule has 1 aliphatic rings. The Morgan fingerprint density at radius 3 is 2.31 bits per heavy atom. The van der Waals surface area contributed by atoms with Crippen LogP contribution in [0.4, 0.5) is 15.8 Å². The third-order valence-corrected chi connectivity index (χ3v) is 4.61. The Hall–Kier alpha value is -3.07. The first-order valence-electron chi connectivity index (χ1n) is 8.42. The molecule has 0 bridgehead atoms. The second-order valence-corrected chi connectivity index (χ2v) is 6.19. The van der Waals surface area contributed by atoms with E-state index < -0.39 is 0 Å². The molecule has 1 aliphatic heterocycles. The molecule has 6 heteroatoms. The molecule has 1 saturated heterocycles. The second kappa shape index (κ2) is 7.44. The number of anilines is 2. The Bertz CT molecular complexity index is 868. The molecule has 0 N–H and O–H groups in total. The molecule has 3 rings (SSSR count). The summed E-state index contributed by atoms with van der Waals surface area (Å²) in [5, 5.41) is 9.15. The lowest BCUT2D eigenvalue weighted by Crippen LogP contribution is -2.47. The van der Waals surface area contributed by atoms with E-state index in [-0.39, 0.29) is 11.6 Å². The van der Waals surface area contributed by atoms with E-state index >= 15 is 0 Å². The zero-order valence-electron chi connectivity index (χ0n) is 14.8. The summed E-state index contributed by atoms with van der Waals surface area (Å²) in [6.07, 6.45) is 0. The van der Waals surface area contributed by atoms with Crippen molar-refractivity contribution < 1.29 is 13.9 Å². The number of carbonyl (C=O) groups is 1. The zero-order valence-corrected chi connectivity index (χ0v) is 14.8. The molecule has 2 aromatic carbocycles. The summed E-state index contributed by atoms with van der Waals surface area (Å²) in [5.41, 5.74) is 2.80. The van der Waals surface area contributed by atoms with Crippen LogP contribution in [-0.2, 0) is 0 Å². The minimum absolute atomic E-state index is 0.0212. The first-order valence-corrected chi connectivity index (χ1v) is 8.42. The highest BCUT2D eigenvalue weighted by Gasteiger charge is 2.23. The smallest absolute Gasteiger partial charge is 0.161 e. The molecule has 0 amide bonds. The molecule has 0 atom stereocenters. The molecule has 5 nitrogen and oxygen atoms in total. The molecule has 0 aliphatic carbocycles. The monoisotopic (exact) mass is 353 g/mol. The zero-order chi connectivity index (χ0) is 18.7. The van der Waals surface area contributed by atoms with Gasteiger partial charge in [-0.1, -0.05) is 0 Å². The molecule has 1 fully saturated rings. The number of Topliss-reactive ketones (excluding diaryl/α,β-unsaturated/α-hetero) is 1. The number of carbonyl (C=O) groups excluding carboxylic acids is 1. The molecule has 1 heterocycles. The van der Waals surface area contributed by atoms with Crippen LogP contribution in [0.2, 0.25) is 0 Å². The number of nitrogens with zero attached hydrogens (tertiary/aromatic N) is 3. The van der Waals surface area contributed by atoms with Gasteiger partial charge in [0.1, 0.15) is 11.6 Å². The topological polar surface area (TPSA) is 56.6 Å². The van der Waals surface area contributed by atoms with Crippen LogP contribution in [0.25, 0.3) is 0 Å². The number of benzene rings is 2. The van der Waals surface area contributed by atoms with Gasteiger partial charge >= 0.3 is 0 Å². The van der Waals surface area contributed by atoms with Crippen LogP contribution in [0.1, 0.15) is 22.8 Å². The Kier molecular flexibility index (Phi) is 5.08. The van der Waals surface area contributed by atoms with Gasteiger partial charge in [-0.3, -0.25) is 4.79 Å². The normalized spacial score (nSPS) is 14.1. The van der Waals surface area contributed by atoms with Crippen molar-refractivity contribution in [2.24, 2.45) is 0 Å². The fraction of sp³-hybridized carbons (Fsp3) is 0.300. The number of ketones is 1. The fourth-order valence-corrected chi connectivity index (χ4v) is 3.26. The highest BCUT2D eigenvalue weighted by Crippen LogP contribution is 2.31. The maximum absolute atomic E-state index is 13.4. The number of methoxy groups -OCH3 is 1. The first kappa shape index (κ1) is 17.7. The molecule has 2 aromatic rings. The first-order chi connectivity index (χ1) is 12.5. The van der Waals surface area contributed by atoms with Crippen LogP contribution < -0.4 is 14.5 Å². The molecule has 0 radical (unpaired) electrons. The molecule has 0 aromatic heterocycles. The number of ether oxygens (including phenoxy) is 1. The number of nitriles is 1. The quantitative estimate of drug-likeness (QED) is 0.790. The van der Waals surface area contributed by atoms with Gasteiger partial charge in [0.15, 0.2) is 5.78 Å². The minimum atomic E-state index is -0.330. The van der Waals surface area contributed by atoms with Gasteiger partial charge < -0.3 is 14.5 Å². The van der Waals surface area contributed by atoms with E-state index in [0.29, 0.717) is 43.1 Å². The summed E-state index contributed by atoms with van der Waals surface area (Å²) in [7, 11) is 1.53.